The van der Waals surface area contributed by atoms with Crippen LogP contribution in [0.2, 0.25) is 0 Å². The molecule has 0 fully saturated rings. The largest absolute Gasteiger partial charge is 0.478 e. The van der Waals surface area contributed by atoms with E-state index >= 15 is 0 Å². The van der Waals surface area contributed by atoms with Crippen LogP contribution in [-0.4, -0.2) is 21.0 Å². The molecule has 0 saturated heterocycles. The summed E-state index contributed by atoms with van der Waals surface area (Å²) in [6, 6.07) is 6.35. The van der Waals surface area contributed by atoms with Crippen LogP contribution in [0.5, 0.6) is 0 Å². The summed E-state index contributed by atoms with van der Waals surface area (Å²) in [7, 11) is 0. The first-order valence-corrected chi connectivity index (χ1v) is 4.58. The number of carboxylic acids is 1. The van der Waals surface area contributed by atoms with Gasteiger partial charge >= 0.3 is 5.97 Å². The Balaban J connectivity index is 2.34. The van der Waals surface area contributed by atoms with E-state index < -0.39 is 5.97 Å². The van der Waals surface area contributed by atoms with Crippen molar-refractivity contribution in [2.45, 2.75) is 0 Å². The van der Waals surface area contributed by atoms with Gasteiger partial charge in [0.1, 0.15) is 0 Å². The second-order valence-electron chi connectivity index (χ2n) is 3.22. The van der Waals surface area contributed by atoms with Gasteiger partial charge in [-0.05, 0) is 12.1 Å². The third-order valence-electron chi connectivity index (χ3n) is 2.06. The molecule has 1 aromatic carbocycles. The van der Waals surface area contributed by atoms with E-state index in [4.69, 9.17) is 10.8 Å². The third kappa shape index (κ3) is 1.98. The number of hydrogen-bond acceptors (Lipinski definition) is 4. The average Bonchev–Trinajstić information content (AvgIpc) is 2.30. The highest BCUT2D eigenvalue weighted by atomic mass is 16.4. The zero-order valence-corrected chi connectivity index (χ0v) is 8.29. The maximum absolute atomic E-state index is 10.6. The Bertz CT molecular complexity index is 506. The van der Waals surface area contributed by atoms with E-state index in [9.17, 15) is 4.79 Å². The first-order chi connectivity index (χ1) is 7.66. The molecule has 0 saturated carbocycles. The van der Waals surface area contributed by atoms with E-state index in [1.807, 2.05) is 0 Å². The predicted octanol–water partition coefficient (Wildman–Crippen LogP) is 1.42. The fourth-order valence-corrected chi connectivity index (χ4v) is 1.25. The maximum Gasteiger partial charge on any atom is 0.335 e. The molecule has 0 aliphatic carbocycles. The summed E-state index contributed by atoms with van der Waals surface area (Å²) in [6.07, 6.45) is 3.01. The predicted molar refractivity (Wildman–Crippen MR) is 58.8 cm³/mol. The summed E-state index contributed by atoms with van der Waals surface area (Å²) in [5, 5.41) is 8.73. The Morgan fingerprint density at radius 2 is 1.69 bits per heavy atom. The van der Waals surface area contributed by atoms with E-state index in [-0.39, 0.29) is 5.56 Å². The standard InChI is InChI=1S/C11H9N3O2/c12-9-5-13-10(14-6-9)7-1-3-8(4-2-7)11(15)16/h1-6H,12H2,(H,15,16). The van der Waals surface area contributed by atoms with Crippen molar-refractivity contribution < 1.29 is 9.90 Å². The summed E-state index contributed by atoms with van der Waals surface area (Å²) in [6.45, 7) is 0. The van der Waals surface area contributed by atoms with Crippen molar-refractivity contribution in [2.75, 3.05) is 5.73 Å². The Labute approximate surface area is 91.6 Å². The number of benzene rings is 1. The molecular formula is C11H9N3O2. The Morgan fingerprint density at radius 1 is 1.12 bits per heavy atom. The molecule has 5 heteroatoms. The maximum atomic E-state index is 10.6. The Kier molecular flexibility index (Phi) is 2.51. The lowest BCUT2D eigenvalue weighted by atomic mass is 10.1. The number of anilines is 1. The summed E-state index contributed by atoms with van der Waals surface area (Å²) >= 11 is 0. The molecule has 0 radical (unpaired) electrons. The van der Waals surface area contributed by atoms with Gasteiger partial charge in [-0.15, -0.1) is 0 Å². The van der Waals surface area contributed by atoms with Gasteiger partial charge in [0.2, 0.25) is 0 Å². The van der Waals surface area contributed by atoms with Crippen molar-refractivity contribution in [1.82, 2.24) is 9.97 Å². The van der Waals surface area contributed by atoms with Crippen LogP contribution >= 0.6 is 0 Å². The Hall–Kier alpha value is -2.43. The lowest BCUT2D eigenvalue weighted by Crippen LogP contribution is -1.96. The lowest BCUT2D eigenvalue weighted by molar-refractivity contribution is 0.0697. The summed E-state index contributed by atoms with van der Waals surface area (Å²) in [5.41, 5.74) is 6.95. The number of nitrogens with two attached hydrogens (primary N) is 1. The first-order valence-electron chi connectivity index (χ1n) is 4.58. The zero-order valence-electron chi connectivity index (χ0n) is 8.29. The van der Waals surface area contributed by atoms with E-state index in [1.54, 1.807) is 12.1 Å². The smallest absolute Gasteiger partial charge is 0.335 e. The minimum atomic E-state index is -0.954. The highest BCUT2D eigenvalue weighted by molar-refractivity contribution is 5.88. The third-order valence-corrected chi connectivity index (χ3v) is 2.06. The van der Waals surface area contributed by atoms with Crippen LogP contribution in [0.3, 0.4) is 0 Å². The van der Waals surface area contributed by atoms with Gasteiger partial charge in [0.25, 0.3) is 0 Å². The monoisotopic (exact) mass is 215 g/mol. The summed E-state index contributed by atoms with van der Waals surface area (Å²) < 4.78 is 0. The van der Waals surface area contributed by atoms with E-state index in [0.717, 1.165) is 5.56 Å². The van der Waals surface area contributed by atoms with Crippen molar-refractivity contribution in [2.24, 2.45) is 0 Å². The number of hydrogen-bond donors (Lipinski definition) is 2. The van der Waals surface area contributed by atoms with Gasteiger partial charge in [0.05, 0.1) is 23.6 Å². The number of aromatic nitrogens is 2. The van der Waals surface area contributed by atoms with E-state index in [2.05, 4.69) is 9.97 Å². The lowest BCUT2D eigenvalue weighted by Gasteiger charge is -2.00. The number of rotatable bonds is 2. The highest BCUT2D eigenvalue weighted by Gasteiger charge is 2.04. The van der Waals surface area contributed by atoms with Crippen LogP contribution in [-0.2, 0) is 0 Å². The SMILES string of the molecule is Nc1cnc(-c2ccc(C(=O)O)cc2)nc1. The zero-order chi connectivity index (χ0) is 11.5. The highest BCUT2D eigenvalue weighted by Crippen LogP contribution is 2.15. The average molecular weight is 215 g/mol. The van der Waals surface area contributed by atoms with Crippen LogP contribution in [0.1, 0.15) is 10.4 Å². The van der Waals surface area contributed by atoms with Gasteiger partial charge in [-0.1, -0.05) is 12.1 Å². The number of carbonyl (C=O) groups is 1. The second kappa shape index (κ2) is 3.98. The molecule has 3 N–H and O–H groups in total. The van der Waals surface area contributed by atoms with Crippen molar-refractivity contribution in [3.05, 3.63) is 42.2 Å². The van der Waals surface area contributed by atoms with Crippen molar-refractivity contribution >= 4 is 11.7 Å². The van der Waals surface area contributed by atoms with Crippen LogP contribution in [0.25, 0.3) is 11.4 Å². The fraction of sp³-hybridized carbons (Fsp3) is 0. The summed E-state index contributed by atoms with van der Waals surface area (Å²) in [4.78, 5) is 18.7. The minimum absolute atomic E-state index is 0.235. The van der Waals surface area contributed by atoms with Gasteiger partial charge in [-0.2, -0.15) is 0 Å². The van der Waals surface area contributed by atoms with Gasteiger partial charge < -0.3 is 10.8 Å². The number of nitrogen functional groups attached to an aromatic ring is 1. The number of aromatic carboxylic acids is 1. The molecule has 16 heavy (non-hydrogen) atoms. The first kappa shape index (κ1) is 10.1. The molecular weight excluding hydrogens is 206 g/mol. The molecule has 0 unspecified atom stereocenters. The van der Waals surface area contributed by atoms with Crippen molar-refractivity contribution in [3.8, 4) is 11.4 Å². The van der Waals surface area contributed by atoms with Gasteiger partial charge in [0.15, 0.2) is 5.82 Å². The molecule has 0 spiro atoms. The fourth-order valence-electron chi connectivity index (χ4n) is 1.25. The molecule has 2 aromatic rings. The van der Waals surface area contributed by atoms with Gasteiger partial charge in [-0.3, -0.25) is 0 Å². The Morgan fingerprint density at radius 3 is 2.19 bits per heavy atom. The molecule has 80 valence electrons. The molecule has 0 bridgehead atoms. The van der Waals surface area contributed by atoms with Crippen LogP contribution in [0, 0.1) is 0 Å². The van der Waals surface area contributed by atoms with E-state index in [1.165, 1.54) is 24.5 Å². The van der Waals surface area contributed by atoms with Crippen molar-refractivity contribution in [3.63, 3.8) is 0 Å². The molecule has 2 rings (SSSR count). The molecule has 0 aliphatic heterocycles. The normalized spacial score (nSPS) is 10.0. The molecule has 0 aliphatic rings. The quantitative estimate of drug-likeness (QED) is 0.790. The minimum Gasteiger partial charge on any atom is -0.478 e. The molecule has 0 atom stereocenters. The van der Waals surface area contributed by atoms with E-state index in [0.29, 0.717) is 11.5 Å². The van der Waals surface area contributed by atoms with Crippen molar-refractivity contribution in [1.29, 1.82) is 0 Å². The van der Waals surface area contributed by atoms with Crippen LogP contribution in [0.4, 0.5) is 5.69 Å². The molecule has 5 nitrogen and oxygen atoms in total. The summed E-state index contributed by atoms with van der Waals surface area (Å²) in [5.74, 6) is -0.434. The topological polar surface area (TPSA) is 89.1 Å². The molecule has 1 heterocycles. The van der Waals surface area contributed by atoms with Gasteiger partial charge in [-0.25, -0.2) is 14.8 Å². The van der Waals surface area contributed by atoms with Crippen LogP contribution in [0.15, 0.2) is 36.7 Å². The molecule has 1 aromatic heterocycles. The second-order valence-corrected chi connectivity index (χ2v) is 3.22. The molecule has 0 amide bonds. The number of nitrogens with zero attached hydrogens (tertiary/aromatic N) is 2. The van der Waals surface area contributed by atoms with Gasteiger partial charge in [0, 0.05) is 5.56 Å². The number of carboxylic acid groups (broad SMARTS) is 1. The van der Waals surface area contributed by atoms with Crippen LogP contribution < -0.4 is 5.73 Å².